The van der Waals surface area contributed by atoms with Crippen LogP contribution in [-0.4, -0.2) is 35.9 Å². The van der Waals surface area contributed by atoms with E-state index >= 15 is 0 Å². The molecule has 0 aliphatic rings. The molecule has 0 heterocycles. The molecule has 0 radical (unpaired) electrons. The fourth-order valence-electron chi connectivity index (χ4n) is 1.23. The summed E-state index contributed by atoms with van der Waals surface area (Å²) in [5, 5.41) is 12.2. The number of esters is 1. The number of hydrogen-bond acceptors (Lipinski definition) is 4. The van der Waals surface area contributed by atoms with Gasteiger partial charge in [0, 0.05) is 6.54 Å². The minimum atomic E-state index is -0.399. The largest absolute Gasteiger partial charge is 0.460 e. The average Bonchev–Trinajstić information content (AvgIpc) is 2.07. The predicted octanol–water partition coefficient (Wildman–Crippen LogP) is 1.47. The second-order valence-corrected chi connectivity index (χ2v) is 5.08. The van der Waals surface area contributed by atoms with Crippen LogP contribution in [0.4, 0.5) is 0 Å². The summed E-state index contributed by atoms with van der Waals surface area (Å²) in [4.78, 5) is 11.3. The molecule has 0 bridgehead atoms. The maximum Gasteiger partial charge on any atom is 0.307 e. The number of nitrogens with one attached hydrogen (secondary N) is 1. The Morgan fingerprint density at radius 2 is 2.00 bits per heavy atom. The SMILES string of the molecule is CC(O)CCCNCCC(=O)OC(C)(C)C. The van der Waals surface area contributed by atoms with Crippen molar-refractivity contribution in [1.82, 2.24) is 5.32 Å². The quantitative estimate of drug-likeness (QED) is 0.514. The van der Waals surface area contributed by atoms with Crippen molar-refractivity contribution < 1.29 is 14.6 Å². The minimum Gasteiger partial charge on any atom is -0.460 e. The van der Waals surface area contributed by atoms with Crippen LogP contribution in [0.15, 0.2) is 0 Å². The summed E-state index contributed by atoms with van der Waals surface area (Å²) in [6.45, 7) is 8.83. The van der Waals surface area contributed by atoms with Gasteiger partial charge in [0.2, 0.25) is 0 Å². The lowest BCUT2D eigenvalue weighted by molar-refractivity contribution is -0.154. The van der Waals surface area contributed by atoms with Gasteiger partial charge in [0.25, 0.3) is 0 Å². The van der Waals surface area contributed by atoms with Gasteiger partial charge in [-0.05, 0) is 47.1 Å². The normalized spacial score (nSPS) is 13.6. The van der Waals surface area contributed by atoms with Crippen molar-refractivity contribution in [3.05, 3.63) is 0 Å². The Morgan fingerprint density at radius 1 is 1.38 bits per heavy atom. The van der Waals surface area contributed by atoms with Gasteiger partial charge in [-0.1, -0.05) is 0 Å². The van der Waals surface area contributed by atoms with E-state index in [0.29, 0.717) is 13.0 Å². The maximum absolute atomic E-state index is 11.3. The van der Waals surface area contributed by atoms with Gasteiger partial charge in [-0.15, -0.1) is 0 Å². The number of aliphatic hydroxyl groups excluding tert-OH is 1. The standard InChI is InChI=1S/C12H25NO3/c1-10(14)6-5-8-13-9-7-11(15)16-12(2,3)4/h10,13-14H,5-9H2,1-4H3. The van der Waals surface area contributed by atoms with Gasteiger partial charge >= 0.3 is 5.97 Å². The Kier molecular flexibility index (Phi) is 7.34. The number of carbonyl (C=O) groups is 1. The highest BCUT2D eigenvalue weighted by atomic mass is 16.6. The number of rotatable bonds is 7. The van der Waals surface area contributed by atoms with Crippen LogP contribution < -0.4 is 5.32 Å². The van der Waals surface area contributed by atoms with E-state index in [-0.39, 0.29) is 12.1 Å². The number of hydrogen-bond donors (Lipinski definition) is 2. The lowest BCUT2D eigenvalue weighted by atomic mass is 10.2. The van der Waals surface area contributed by atoms with E-state index in [4.69, 9.17) is 9.84 Å². The Morgan fingerprint density at radius 3 is 2.50 bits per heavy atom. The lowest BCUT2D eigenvalue weighted by Crippen LogP contribution is -2.27. The van der Waals surface area contributed by atoms with Gasteiger partial charge < -0.3 is 15.2 Å². The molecule has 4 nitrogen and oxygen atoms in total. The third kappa shape index (κ3) is 11.5. The van der Waals surface area contributed by atoms with E-state index in [1.807, 2.05) is 20.8 Å². The van der Waals surface area contributed by atoms with Crippen LogP contribution in [0.3, 0.4) is 0 Å². The zero-order valence-corrected chi connectivity index (χ0v) is 10.9. The Hall–Kier alpha value is -0.610. The summed E-state index contributed by atoms with van der Waals surface area (Å²) in [6.07, 6.45) is 1.87. The first-order valence-corrected chi connectivity index (χ1v) is 5.92. The molecule has 0 aromatic rings. The first kappa shape index (κ1) is 15.4. The van der Waals surface area contributed by atoms with Crippen molar-refractivity contribution in [2.45, 2.75) is 58.7 Å². The smallest absolute Gasteiger partial charge is 0.307 e. The summed E-state index contributed by atoms with van der Waals surface area (Å²) in [7, 11) is 0. The summed E-state index contributed by atoms with van der Waals surface area (Å²) < 4.78 is 5.16. The van der Waals surface area contributed by atoms with Crippen molar-refractivity contribution in [3.8, 4) is 0 Å². The number of aliphatic hydroxyl groups is 1. The molecule has 2 N–H and O–H groups in total. The molecule has 0 spiro atoms. The van der Waals surface area contributed by atoms with E-state index < -0.39 is 5.60 Å². The van der Waals surface area contributed by atoms with E-state index in [0.717, 1.165) is 19.4 Å². The second kappa shape index (κ2) is 7.63. The highest BCUT2D eigenvalue weighted by Crippen LogP contribution is 2.07. The molecule has 0 rings (SSSR count). The minimum absolute atomic E-state index is 0.171. The third-order valence-corrected chi connectivity index (χ3v) is 1.90. The molecule has 96 valence electrons. The Bertz CT molecular complexity index is 197. The van der Waals surface area contributed by atoms with Crippen LogP contribution in [0, 0.1) is 0 Å². The van der Waals surface area contributed by atoms with Crippen molar-refractivity contribution in [2.75, 3.05) is 13.1 Å². The molecule has 0 aliphatic heterocycles. The molecule has 16 heavy (non-hydrogen) atoms. The molecular weight excluding hydrogens is 206 g/mol. The molecule has 0 amide bonds. The number of ether oxygens (including phenoxy) is 1. The van der Waals surface area contributed by atoms with E-state index in [2.05, 4.69) is 5.32 Å². The fraction of sp³-hybridized carbons (Fsp3) is 0.917. The predicted molar refractivity (Wildman–Crippen MR) is 64.2 cm³/mol. The van der Waals surface area contributed by atoms with Crippen LogP contribution in [-0.2, 0) is 9.53 Å². The van der Waals surface area contributed by atoms with Crippen LogP contribution in [0.1, 0.15) is 47.0 Å². The fourth-order valence-corrected chi connectivity index (χ4v) is 1.23. The molecular formula is C12H25NO3. The monoisotopic (exact) mass is 231 g/mol. The van der Waals surface area contributed by atoms with Crippen molar-refractivity contribution in [2.24, 2.45) is 0 Å². The zero-order chi connectivity index (χ0) is 12.6. The second-order valence-electron chi connectivity index (χ2n) is 5.08. The van der Waals surface area contributed by atoms with Crippen molar-refractivity contribution >= 4 is 5.97 Å². The molecule has 1 atom stereocenters. The summed E-state index contributed by atoms with van der Waals surface area (Å²) in [6, 6.07) is 0. The zero-order valence-electron chi connectivity index (χ0n) is 10.9. The molecule has 0 saturated carbocycles. The molecule has 4 heteroatoms. The third-order valence-electron chi connectivity index (χ3n) is 1.90. The molecule has 0 saturated heterocycles. The molecule has 0 aliphatic carbocycles. The van der Waals surface area contributed by atoms with Crippen LogP contribution in [0.2, 0.25) is 0 Å². The van der Waals surface area contributed by atoms with E-state index in [1.165, 1.54) is 0 Å². The van der Waals surface area contributed by atoms with Gasteiger partial charge in [0.15, 0.2) is 0 Å². The Labute approximate surface area is 98.4 Å². The lowest BCUT2D eigenvalue weighted by Gasteiger charge is -2.19. The van der Waals surface area contributed by atoms with Crippen LogP contribution in [0.5, 0.6) is 0 Å². The van der Waals surface area contributed by atoms with Crippen molar-refractivity contribution in [3.63, 3.8) is 0 Å². The average molecular weight is 231 g/mol. The summed E-state index contributed by atoms with van der Waals surface area (Å²) >= 11 is 0. The Balaban J connectivity index is 3.35. The topological polar surface area (TPSA) is 58.6 Å². The summed E-state index contributed by atoms with van der Waals surface area (Å²) in [5.74, 6) is -0.171. The highest BCUT2D eigenvalue weighted by molar-refractivity contribution is 5.70. The van der Waals surface area contributed by atoms with Gasteiger partial charge in [0.1, 0.15) is 5.60 Å². The maximum atomic E-state index is 11.3. The van der Waals surface area contributed by atoms with Crippen molar-refractivity contribution in [1.29, 1.82) is 0 Å². The molecule has 0 aromatic heterocycles. The first-order valence-electron chi connectivity index (χ1n) is 5.92. The highest BCUT2D eigenvalue weighted by Gasteiger charge is 2.15. The first-order chi connectivity index (χ1) is 7.31. The molecule has 0 fully saturated rings. The molecule has 0 aromatic carbocycles. The van der Waals surface area contributed by atoms with Gasteiger partial charge in [-0.3, -0.25) is 4.79 Å². The van der Waals surface area contributed by atoms with Gasteiger partial charge in [0.05, 0.1) is 12.5 Å². The van der Waals surface area contributed by atoms with E-state index in [1.54, 1.807) is 6.92 Å². The summed E-state index contributed by atoms with van der Waals surface area (Å²) in [5.41, 5.74) is -0.399. The van der Waals surface area contributed by atoms with Crippen LogP contribution >= 0.6 is 0 Å². The van der Waals surface area contributed by atoms with Gasteiger partial charge in [-0.25, -0.2) is 0 Å². The van der Waals surface area contributed by atoms with Crippen LogP contribution in [0.25, 0.3) is 0 Å². The number of carbonyl (C=O) groups excluding carboxylic acids is 1. The van der Waals surface area contributed by atoms with Gasteiger partial charge in [-0.2, -0.15) is 0 Å². The molecule has 1 unspecified atom stereocenters. The van der Waals surface area contributed by atoms with E-state index in [9.17, 15) is 4.79 Å².